The zero-order valence-electron chi connectivity index (χ0n) is 9.47. The summed E-state index contributed by atoms with van der Waals surface area (Å²) >= 11 is 1.58. The van der Waals surface area contributed by atoms with Gasteiger partial charge in [0.25, 0.3) is 0 Å². The van der Waals surface area contributed by atoms with E-state index in [0.29, 0.717) is 31.2 Å². The Balaban J connectivity index is 1.93. The monoisotopic (exact) mass is 251 g/mol. The predicted octanol–water partition coefficient (Wildman–Crippen LogP) is 1.87. The standard InChI is InChI=1S/C11H13N3O2S/c1-2-12-9(15)3-4-10-13-14-11(16-10)8-5-6-17-7-8/h5-7H,2-4H2,1H3,(H,12,15). The van der Waals surface area contributed by atoms with Crippen molar-refractivity contribution >= 4 is 17.2 Å². The highest BCUT2D eigenvalue weighted by Gasteiger charge is 2.10. The molecule has 0 aromatic carbocycles. The van der Waals surface area contributed by atoms with Gasteiger partial charge in [-0.1, -0.05) is 0 Å². The number of rotatable bonds is 5. The number of thiophene rings is 1. The molecule has 0 saturated carbocycles. The number of nitrogens with one attached hydrogen (secondary N) is 1. The summed E-state index contributed by atoms with van der Waals surface area (Å²) in [5.74, 6) is 1.01. The molecule has 1 N–H and O–H groups in total. The summed E-state index contributed by atoms with van der Waals surface area (Å²) in [5.41, 5.74) is 0.923. The highest BCUT2D eigenvalue weighted by Crippen LogP contribution is 2.20. The molecule has 0 radical (unpaired) electrons. The largest absolute Gasteiger partial charge is 0.421 e. The first-order chi connectivity index (χ1) is 8.29. The van der Waals surface area contributed by atoms with Crippen molar-refractivity contribution in [3.63, 3.8) is 0 Å². The van der Waals surface area contributed by atoms with Gasteiger partial charge in [-0.05, 0) is 18.4 Å². The van der Waals surface area contributed by atoms with E-state index in [4.69, 9.17) is 4.42 Å². The van der Waals surface area contributed by atoms with Gasteiger partial charge in [-0.3, -0.25) is 4.79 Å². The second-order valence-electron chi connectivity index (χ2n) is 3.47. The summed E-state index contributed by atoms with van der Waals surface area (Å²) < 4.78 is 5.46. The van der Waals surface area contributed by atoms with Gasteiger partial charge in [-0.15, -0.1) is 10.2 Å². The van der Waals surface area contributed by atoms with Crippen LogP contribution in [0.1, 0.15) is 19.2 Å². The molecule has 0 saturated heterocycles. The minimum Gasteiger partial charge on any atom is -0.421 e. The maximum Gasteiger partial charge on any atom is 0.248 e. The number of aromatic nitrogens is 2. The molecular formula is C11H13N3O2S. The van der Waals surface area contributed by atoms with E-state index in [2.05, 4.69) is 15.5 Å². The van der Waals surface area contributed by atoms with E-state index in [-0.39, 0.29) is 5.91 Å². The highest BCUT2D eigenvalue weighted by molar-refractivity contribution is 7.08. The molecular weight excluding hydrogens is 238 g/mol. The Hall–Kier alpha value is -1.69. The third kappa shape index (κ3) is 3.13. The normalized spacial score (nSPS) is 10.4. The fourth-order valence-electron chi connectivity index (χ4n) is 1.36. The Labute approximate surface area is 103 Å². The lowest BCUT2D eigenvalue weighted by atomic mass is 10.3. The van der Waals surface area contributed by atoms with Gasteiger partial charge in [-0.25, -0.2) is 0 Å². The van der Waals surface area contributed by atoms with E-state index < -0.39 is 0 Å². The van der Waals surface area contributed by atoms with E-state index in [0.717, 1.165) is 5.56 Å². The summed E-state index contributed by atoms with van der Waals surface area (Å²) in [7, 11) is 0. The van der Waals surface area contributed by atoms with Crippen molar-refractivity contribution < 1.29 is 9.21 Å². The van der Waals surface area contributed by atoms with Crippen LogP contribution in [0, 0.1) is 0 Å². The Kier molecular flexibility index (Phi) is 3.87. The van der Waals surface area contributed by atoms with E-state index in [1.807, 2.05) is 23.8 Å². The Morgan fingerprint density at radius 2 is 2.41 bits per heavy atom. The number of aryl methyl sites for hydroxylation is 1. The first-order valence-corrected chi connectivity index (χ1v) is 6.35. The average molecular weight is 251 g/mol. The molecule has 17 heavy (non-hydrogen) atoms. The Bertz CT molecular complexity index is 479. The number of hydrogen-bond acceptors (Lipinski definition) is 5. The zero-order valence-corrected chi connectivity index (χ0v) is 10.3. The molecule has 2 aromatic heterocycles. The molecule has 2 heterocycles. The fraction of sp³-hybridized carbons (Fsp3) is 0.364. The summed E-state index contributed by atoms with van der Waals surface area (Å²) in [6, 6.07) is 1.92. The van der Waals surface area contributed by atoms with E-state index in [1.165, 1.54) is 0 Å². The van der Waals surface area contributed by atoms with Crippen molar-refractivity contribution in [3.05, 3.63) is 22.7 Å². The Morgan fingerprint density at radius 1 is 1.53 bits per heavy atom. The van der Waals surface area contributed by atoms with Crippen LogP contribution in [0.5, 0.6) is 0 Å². The van der Waals surface area contributed by atoms with Crippen molar-refractivity contribution in [1.82, 2.24) is 15.5 Å². The van der Waals surface area contributed by atoms with Gasteiger partial charge in [-0.2, -0.15) is 11.3 Å². The summed E-state index contributed by atoms with van der Waals surface area (Å²) in [6.07, 6.45) is 0.849. The van der Waals surface area contributed by atoms with Crippen LogP contribution in [0.4, 0.5) is 0 Å². The lowest BCUT2D eigenvalue weighted by Crippen LogP contribution is -2.22. The van der Waals surface area contributed by atoms with Crippen LogP contribution in [0.3, 0.4) is 0 Å². The van der Waals surface area contributed by atoms with Crippen molar-refractivity contribution in [2.24, 2.45) is 0 Å². The quantitative estimate of drug-likeness (QED) is 0.880. The van der Waals surface area contributed by atoms with Gasteiger partial charge in [0.05, 0.1) is 0 Å². The molecule has 1 amide bonds. The summed E-state index contributed by atoms with van der Waals surface area (Å²) in [5, 5.41) is 14.5. The predicted molar refractivity (Wildman–Crippen MR) is 64.6 cm³/mol. The lowest BCUT2D eigenvalue weighted by Gasteiger charge is -1.98. The maximum atomic E-state index is 11.3. The van der Waals surface area contributed by atoms with Crippen LogP contribution in [0.15, 0.2) is 21.2 Å². The van der Waals surface area contributed by atoms with Crippen molar-refractivity contribution in [3.8, 4) is 11.5 Å². The lowest BCUT2D eigenvalue weighted by molar-refractivity contribution is -0.121. The highest BCUT2D eigenvalue weighted by atomic mass is 32.1. The molecule has 0 fully saturated rings. The van der Waals surface area contributed by atoms with E-state index in [1.54, 1.807) is 11.3 Å². The Morgan fingerprint density at radius 3 is 3.12 bits per heavy atom. The van der Waals surface area contributed by atoms with Gasteiger partial charge in [0, 0.05) is 30.3 Å². The van der Waals surface area contributed by atoms with Gasteiger partial charge in [0.1, 0.15) is 0 Å². The molecule has 6 heteroatoms. The number of amides is 1. The second kappa shape index (κ2) is 5.58. The molecule has 0 unspecified atom stereocenters. The zero-order chi connectivity index (χ0) is 12.1. The van der Waals surface area contributed by atoms with Crippen LogP contribution in [0.2, 0.25) is 0 Å². The minimum absolute atomic E-state index is 0.00258. The molecule has 0 atom stereocenters. The third-order valence-corrected chi connectivity index (χ3v) is 2.86. The van der Waals surface area contributed by atoms with Gasteiger partial charge < -0.3 is 9.73 Å². The average Bonchev–Trinajstić information content (AvgIpc) is 2.97. The molecule has 0 aliphatic rings. The van der Waals surface area contributed by atoms with Crippen LogP contribution in [0.25, 0.3) is 11.5 Å². The second-order valence-corrected chi connectivity index (χ2v) is 4.25. The van der Waals surface area contributed by atoms with Crippen LogP contribution < -0.4 is 5.32 Å². The molecule has 2 rings (SSSR count). The first kappa shape index (κ1) is 11.8. The van der Waals surface area contributed by atoms with Crippen LogP contribution in [-0.2, 0) is 11.2 Å². The molecule has 2 aromatic rings. The number of nitrogens with zero attached hydrogens (tertiary/aromatic N) is 2. The van der Waals surface area contributed by atoms with Crippen molar-refractivity contribution in [1.29, 1.82) is 0 Å². The molecule has 0 spiro atoms. The number of carbonyl (C=O) groups excluding carboxylic acids is 1. The smallest absolute Gasteiger partial charge is 0.248 e. The molecule has 0 aliphatic carbocycles. The van der Waals surface area contributed by atoms with Crippen LogP contribution >= 0.6 is 11.3 Å². The van der Waals surface area contributed by atoms with E-state index in [9.17, 15) is 4.79 Å². The van der Waals surface area contributed by atoms with Crippen molar-refractivity contribution in [2.45, 2.75) is 19.8 Å². The SMILES string of the molecule is CCNC(=O)CCc1nnc(-c2ccsc2)o1. The molecule has 0 aliphatic heterocycles. The minimum atomic E-state index is 0.00258. The summed E-state index contributed by atoms with van der Waals surface area (Å²) in [4.78, 5) is 11.3. The third-order valence-electron chi connectivity index (χ3n) is 2.17. The number of carbonyl (C=O) groups is 1. The topological polar surface area (TPSA) is 68.0 Å². The number of hydrogen-bond donors (Lipinski definition) is 1. The van der Waals surface area contributed by atoms with Gasteiger partial charge >= 0.3 is 0 Å². The maximum absolute atomic E-state index is 11.3. The summed E-state index contributed by atoms with van der Waals surface area (Å²) in [6.45, 7) is 2.53. The first-order valence-electron chi connectivity index (χ1n) is 5.41. The van der Waals surface area contributed by atoms with Crippen LogP contribution in [-0.4, -0.2) is 22.6 Å². The van der Waals surface area contributed by atoms with E-state index >= 15 is 0 Å². The molecule has 5 nitrogen and oxygen atoms in total. The fourth-order valence-corrected chi connectivity index (χ4v) is 1.99. The molecule has 90 valence electrons. The van der Waals surface area contributed by atoms with Gasteiger partial charge in [0.15, 0.2) is 0 Å². The van der Waals surface area contributed by atoms with Crippen molar-refractivity contribution in [2.75, 3.05) is 6.54 Å². The molecule has 0 bridgehead atoms. The van der Waals surface area contributed by atoms with Gasteiger partial charge in [0.2, 0.25) is 17.7 Å².